The minimum absolute atomic E-state index is 0.0594. The number of aryl methyl sites for hydroxylation is 2. The molecule has 0 atom stereocenters. The fourth-order valence-corrected chi connectivity index (χ4v) is 4.66. The summed E-state index contributed by atoms with van der Waals surface area (Å²) >= 11 is 1.55. The molecule has 0 spiro atoms. The van der Waals surface area contributed by atoms with Gasteiger partial charge in [0.05, 0.1) is 14.2 Å². The van der Waals surface area contributed by atoms with Gasteiger partial charge in [-0.15, -0.1) is 11.3 Å². The van der Waals surface area contributed by atoms with Crippen molar-refractivity contribution in [2.45, 2.75) is 32.2 Å². The molecule has 146 valence electrons. The molecule has 28 heavy (non-hydrogen) atoms. The maximum absolute atomic E-state index is 12.9. The second-order valence-corrected chi connectivity index (χ2v) is 7.71. The van der Waals surface area contributed by atoms with Crippen LogP contribution in [0.1, 0.15) is 39.3 Å². The second kappa shape index (κ2) is 7.63. The van der Waals surface area contributed by atoms with E-state index < -0.39 is 5.91 Å². The summed E-state index contributed by atoms with van der Waals surface area (Å²) in [4.78, 5) is 31.8. The highest BCUT2D eigenvalue weighted by Crippen LogP contribution is 2.28. The normalized spacial score (nSPS) is 13.2. The zero-order chi connectivity index (χ0) is 19.7. The Morgan fingerprint density at radius 1 is 1.21 bits per heavy atom. The average molecular weight is 399 g/mol. The van der Waals surface area contributed by atoms with Crippen LogP contribution in [0.25, 0.3) is 4.96 Å². The van der Waals surface area contributed by atoms with E-state index in [0.717, 1.165) is 36.9 Å². The van der Waals surface area contributed by atoms with Crippen LogP contribution in [0.5, 0.6) is 11.5 Å². The number of methoxy groups -OCH3 is 2. The summed E-state index contributed by atoms with van der Waals surface area (Å²) in [5.41, 5.74) is 1.62. The highest BCUT2D eigenvalue weighted by Gasteiger charge is 2.21. The quantitative estimate of drug-likeness (QED) is 0.713. The van der Waals surface area contributed by atoms with E-state index in [-0.39, 0.29) is 17.7 Å². The Kier molecular flexibility index (Phi) is 5.04. The molecule has 0 radical (unpaired) electrons. The summed E-state index contributed by atoms with van der Waals surface area (Å²) in [5.74, 6) is 0.771. The Balaban J connectivity index is 1.58. The van der Waals surface area contributed by atoms with E-state index in [0.29, 0.717) is 16.5 Å². The summed E-state index contributed by atoms with van der Waals surface area (Å²) in [6, 6.07) is 5.41. The molecule has 7 nitrogen and oxygen atoms in total. The van der Waals surface area contributed by atoms with E-state index in [1.54, 1.807) is 42.1 Å². The van der Waals surface area contributed by atoms with Crippen LogP contribution in [0.3, 0.4) is 0 Å². The van der Waals surface area contributed by atoms with Crippen LogP contribution < -0.4 is 20.3 Å². The molecule has 0 saturated heterocycles. The number of amides is 1. The van der Waals surface area contributed by atoms with E-state index in [4.69, 9.17) is 9.47 Å². The van der Waals surface area contributed by atoms with E-state index in [1.165, 1.54) is 11.1 Å². The van der Waals surface area contributed by atoms with Gasteiger partial charge in [-0.05, 0) is 43.4 Å². The van der Waals surface area contributed by atoms with Gasteiger partial charge in [0.1, 0.15) is 5.56 Å². The van der Waals surface area contributed by atoms with Crippen molar-refractivity contribution >= 4 is 22.2 Å². The molecule has 1 amide bonds. The summed E-state index contributed by atoms with van der Waals surface area (Å²) in [5, 5.41) is 2.80. The number of rotatable bonds is 5. The van der Waals surface area contributed by atoms with Gasteiger partial charge in [0.15, 0.2) is 16.5 Å². The second-order valence-electron chi connectivity index (χ2n) is 6.65. The van der Waals surface area contributed by atoms with Crippen LogP contribution in [-0.4, -0.2) is 29.5 Å². The standard InChI is InChI=1S/C20H21N3O4S/c1-26-15-8-7-12(9-16(15)27-2)10-21-18(24)13-11-22-20-23(19(13)25)14-5-3-4-6-17(14)28-20/h7-9,11H,3-6,10H2,1-2H3,(H,21,24). The van der Waals surface area contributed by atoms with Crippen LogP contribution in [0, 0.1) is 0 Å². The van der Waals surface area contributed by atoms with E-state index >= 15 is 0 Å². The highest BCUT2D eigenvalue weighted by molar-refractivity contribution is 7.17. The fraction of sp³-hybridized carbons (Fsp3) is 0.350. The van der Waals surface area contributed by atoms with Crippen molar-refractivity contribution in [1.29, 1.82) is 0 Å². The molecule has 1 aliphatic rings. The number of benzene rings is 1. The van der Waals surface area contributed by atoms with Gasteiger partial charge in [-0.3, -0.25) is 14.0 Å². The summed E-state index contributed by atoms with van der Waals surface area (Å²) < 4.78 is 12.1. The third-order valence-corrected chi connectivity index (χ3v) is 6.10. The molecule has 1 N–H and O–H groups in total. The first-order chi connectivity index (χ1) is 13.6. The minimum atomic E-state index is -0.433. The van der Waals surface area contributed by atoms with Gasteiger partial charge in [0, 0.05) is 23.3 Å². The molecule has 2 heterocycles. The molecule has 1 aliphatic carbocycles. The molecule has 0 saturated carbocycles. The lowest BCUT2D eigenvalue weighted by Crippen LogP contribution is -2.31. The molecule has 2 aromatic heterocycles. The molecule has 8 heteroatoms. The van der Waals surface area contributed by atoms with Gasteiger partial charge in [-0.25, -0.2) is 4.98 Å². The Labute approximate surface area is 165 Å². The Bertz CT molecular complexity index is 1100. The topological polar surface area (TPSA) is 81.9 Å². The zero-order valence-electron chi connectivity index (χ0n) is 15.8. The van der Waals surface area contributed by atoms with Crippen molar-refractivity contribution in [3.8, 4) is 11.5 Å². The van der Waals surface area contributed by atoms with Gasteiger partial charge in [0.25, 0.3) is 11.5 Å². The van der Waals surface area contributed by atoms with Gasteiger partial charge < -0.3 is 14.8 Å². The van der Waals surface area contributed by atoms with Gasteiger partial charge >= 0.3 is 0 Å². The summed E-state index contributed by atoms with van der Waals surface area (Å²) in [6.07, 6.45) is 5.40. The van der Waals surface area contributed by atoms with Crippen LogP contribution in [-0.2, 0) is 19.4 Å². The smallest absolute Gasteiger partial charge is 0.271 e. The maximum Gasteiger partial charge on any atom is 0.271 e. The largest absolute Gasteiger partial charge is 0.493 e. The van der Waals surface area contributed by atoms with Crippen molar-refractivity contribution in [2.75, 3.05) is 14.2 Å². The number of fused-ring (bicyclic) bond motifs is 3. The predicted octanol–water partition coefficient (Wildman–Crippen LogP) is 2.58. The van der Waals surface area contributed by atoms with Crippen LogP contribution in [0.2, 0.25) is 0 Å². The number of thiazole rings is 1. The number of carbonyl (C=O) groups excluding carboxylic acids is 1. The number of ether oxygens (including phenoxy) is 2. The molecule has 1 aromatic carbocycles. The molecule has 0 aliphatic heterocycles. The van der Waals surface area contributed by atoms with Crippen LogP contribution in [0.15, 0.2) is 29.2 Å². The monoisotopic (exact) mass is 399 g/mol. The highest BCUT2D eigenvalue weighted by atomic mass is 32.1. The predicted molar refractivity (Wildman–Crippen MR) is 107 cm³/mol. The molecule has 4 rings (SSSR count). The van der Waals surface area contributed by atoms with Crippen molar-refractivity contribution in [2.24, 2.45) is 0 Å². The Morgan fingerprint density at radius 3 is 2.79 bits per heavy atom. The lowest BCUT2D eigenvalue weighted by Gasteiger charge is -2.11. The van der Waals surface area contributed by atoms with E-state index in [2.05, 4.69) is 10.3 Å². The van der Waals surface area contributed by atoms with Gasteiger partial charge in [-0.2, -0.15) is 0 Å². The third kappa shape index (κ3) is 3.24. The minimum Gasteiger partial charge on any atom is -0.493 e. The number of hydrogen-bond donors (Lipinski definition) is 1. The number of nitrogens with zero attached hydrogens (tertiary/aromatic N) is 2. The Hall–Kier alpha value is -2.87. The van der Waals surface area contributed by atoms with Crippen molar-refractivity contribution < 1.29 is 14.3 Å². The molecular weight excluding hydrogens is 378 g/mol. The van der Waals surface area contributed by atoms with Crippen molar-refractivity contribution in [3.63, 3.8) is 0 Å². The number of hydrogen-bond acceptors (Lipinski definition) is 6. The van der Waals surface area contributed by atoms with Gasteiger partial charge in [-0.1, -0.05) is 6.07 Å². The molecule has 3 aromatic rings. The number of nitrogens with one attached hydrogen (secondary N) is 1. The lowest BCUT2D eigenvalue weighted by molar-refractivity contribution is 0.0949. The maximum atomic E-state index is 12.9. The molecule has 0 unspecified atom stereocenters. The number of aromatic nitrogens is 2. The summed E-state index contributed by atoms with van der Waals surface area (Å²) in [7, 11) is 3.13. The average Bonchev–Trinajstić information content (AvgIpc) is 3.11. The zero-order valence-corrected chi connectivity index (χ0v) is 16.6. The number of carbonyl (C=O) groups is 1. The fourth-order valence-electron chi connectivity index (χ4n) is 3.49. The SMILES string of the molecule is COc1ccc(CNC(=O)c2cnc3sc4c(n3c2=O)CCCC4)cc1OC. The summed E-state index contributed by atoms with van der Waals surface area (Å²) in [6.45, 7) is 0.267. The van der Waals surface area contributed by atoms with Crippen LogP contribution in [0.4, 0.5) is 0 Å². The Morgan fingerprint density at radius 2 is 2.00 bits per heavy atom. The van der Waals surface area contributed by atoms with E-state index in [1.807, 2.05) is 6.07 Å². The lowest BCUT2D eigenvalue weighted by atomic mass is 10.0. The first kappa shape index (κ1) is 18.5. The first-order valence-electron chi connectivity index (χ1n) is 9.13. The van der Waals surface area contributed by atoms with E-state index in [9.17, 15) is 9.59 Å². The molecule has 0 bridgehead atoms. The van der Waals surface area contributed by atoms with Crippen molar-refractivity contribution in [3.05, 3.63) is 56.4 Å². The molecule has 0 fully saturated rings. The van der Waals surface area contributed by atoms with Gasteiger partial charge in [0.2, 0.25) is 0 Å². The van der Waals surface area contributed by atoms with Crippen LogP contribution >= 0.6 is 11.3 Å². The first-order valence-corrected chi connectivity index (χ1v) is 9.95. The molecular formula is C20H21N3O4S. The third-order valence-electron chi connectivity index (χ3n) is 4.95. The van der Waals surface area contributed by atoms with Crippen molar-refractivity contribution in [1.82, 2.24) is 14.7 Å².